The van der Waals surface area contributed by atoms with Crippen LogP contribution < -0.4 is 4.90 Å². The summed E-state index contributed by atoms with van der Waals surface area (Å²) in [5.74, 6) is 0. The van der Waals surface area contributed by atoms with E-state index in [1.165, 1.54) is 0 Å². The first-order chi connectivity index (χ1) is 12.3. The monoisotopic (exact) mass is 331 g/mol. The van der Waals surface area contributed by atoms with Gasteiger partial charge in [0.25, 0.3) is 0 Å². The summed E-state index contributed by atoms with van der Waals surface area (Å²) in [6.07, 6.45) is 1.66. The summed E-state index contributed by atoms with van der Waals surface area (Å²) in [6, 6.07) is 19.9. The molecule has 4 rings (SSSR count). The summed E-state index contributed by atoms with van der Waals surface area (Å²) in [5.41, 5.74) is 3.46. The number of rotatable bonds is 4. The van der Waals surface area contributed by atoms with Crippen molar-refractivity contribution in [3.05, 3.63) is 77.6 Å². The summed E-state index contributed by atoms with van der Waals surface area (Å²) in [7, 11) is 0. The number of nitriles is 1. The summed E-state index contributed by atoms with van der Waals surface area (Å²) in [5, 5.41) is 17.7. The maximum absolute atomic E-state index is 9.21. The number of hydrogen-bond acceptors (Lipinski definition) is 5. The van der Waals surface area contributed by atoms with Crippen molar-refractivity contribution in [3.8, 4) is 6.07 Å². The lowest BCUT2D eigenvalue weighted by Crippen LogP contribution is -2.23. The first-order valence-corrected chi connectivity index (χ1v) is 8.16. The summed E-state index contributed by atoms with van der Waals surface area (Å²) in [4.78, 5) is 2.18. The zero-order valence-corrected chi connectivity index (χ0v) is 13.6. The number of benzene rings is 2. The van der Waals surface area contributed by atoms with Crippen LogP contribution in [-0.2, 0) is 11.3 Å². The first-order valence-electron chi connectivity index (χ1n) is 8.16. The van der Waals surface area contributed by atoms with Crippen molar-refractivity contribution in [2.75, 3.05) is 18.1 Å². The lowest BCUT2D eigenvalue weighted by atomic mass is 10.1. The topological polar surface area (TPSA) is 67.0 Å². The Morgan fingerprint density at radius 1 is 1.12 bits per heavy atom. The number of hydrogen-bond donors (Lipinski definition) is 0. The molecule has 1 atom stereocenters. The lowest BCUT2D eigenvalue weighted by Gasteiger charge is -2.23. The molecule has 0 spiro atoms. The maximum atomic E-state index is 9.21. The van der Waals surface area contributed by atoms with E-state index >= 15 is 0 Å². The maximum Gasteiger partial charge on any atom is 0.177 e. The number of para-hydroxylation sites is 1. The van der Waals surface area contributed by atoms with Crippen LogP contribution in [-0.4, -0.2) is 28.1 Å². The van der Waals surface area contributed by atoms with Crippen molar-refractivity contribution in [2.24, 2.45) is 0 Å². The number of anilines is 1. The Morgan fingerprint density at radius 3 is 2.76 bits per heavy atom. The van der Waals surface area contributed by atoms with E-state index in [-0.39, 0.29) is 6.23 Å². The van der Waals surface area contributed by atoms with Gasteiger partial charge in [0.05, 0.1) is 31.0 Å². The Kier molecular flexibility index (Phi) is 4.15. The quantitative estimate of drug-likeness (QED) is 0.735. The van der Waals surface area contributed by atoms with Gasteiger partial charge in [-0.15, -0.1) is 5.10 Å². The van der Waals surface area contributed by atoms with Gasteiger partial charge in [0.2, 0.25) is 0 Å². The Bertz CT molecular complexity index is 899. The lowest BCUT2D eigenvalue weighted by molar-refractivity contribution is 0.110. The van der Waals surface area contributed by atoms with Crippen molar-refractivity contribution in [1.82, 2.24) is 15.0 Å². The molecular formula is C19H17N5O. The molecule has 1 fully saturated rings. The highest BCUT2D eigenvalue weighted by Crippen LogP contribution is 2.30. The standard InChI is InChI=1S/C19H17N5O/c20-12-15-6-4-5-7-16(15)13-23-14-18(21-22-23)19-24(10-11-25-19)17-8-2-1-3-9-17/h1-9,14,19H,10-11,13H2. The molecule has 1 aromatic heterocycles. The van der Waals surface area contributed by atoms with Crippen molar-refractivity contribution in [3.63, 3.8) is 0 Å². The van der Waals surface area contributed by atoms with E-state index in [2.05, 4.69) is 33.4 Å². The molecule has 0 aliphatic carbocycles. The average Bonchev–Trinajstić information content (AvgIpc) is 3.32. The smallest absolute Gasteiger partial charge is 0.177 e. The summed E-state index contributed by atoms with van der Waals surface area (Å²) < 4.78 is 7.62. The predicted octanol–water partition coefficient (Wildman–Crippen LogP) is 2.73. The van der Waals surface area contributed by atoms with E-state index in [0.717, 1.165) is 23.5 Å². The minimum absolute atomic E-state index is 0.234. The van der Waals surface area contributed by atoms with Crippen LogP contribution in [0.4, 0.5) is 5.69 Å². The van der Waals surface area contributed by atoms with Gasteiger partial charge in [-0.1, -0.05) is 41.6 Å². The number of nitrogens with zero attached hydrogens (tertiary/aromatic N) is 5. The Hall–Kier alpha value is -3.17. The molecule has 1 aliphatic rings. The fourth-order valence-electron chi connectivity index (χ4n) is 3.04. The first kappa shape index (κ1) is 15.4. The van der Waals surface area contributed by atoms with E-state index in [0.29, 0.717) is 18.7 Å². The minimum Gasteiger partial charge on any atom is -0.350 e. The van der Waals surface area contributed by atoms with Crippen LogP contribution in [0.3, 0.4) is 0 Å². The second-order valence-corrected chi connectivity index (χ2v) is 5.86. The average molecular weight is 331 g/mol. The molecule has 6 heteroatoms. The highest BCUT2D eigenvalue weighted by Gasteiger charge is 2.29. The van der Waals surface area contributed by atoms with Crippen LogP contribution in [0.15, 0.2) is 60.8 Å². The molecule has 2 heterocycles. The fourth-order valence-corrected chi connectivity index (χ4v) is 3.04. The van der Waals surface area contributed by atoms with E-state index in [1.807, 2.05) is 48.7 Å². The summed E-state index contributed by atoms with van der Waals surface area (Å²) in [6.45, 7) is 1.98. The normalized spacial score (nSPS) is 16.8. The van der Waals surface area contributed by atoms with Crippen LogP contribution >= 0.6 is 0 Å². The van der Waals surface area contributed by atoms with Gasteiger partial charge in [0, 0.05) is 12.2 Å². The highest BCUT2D eigenvalue weighted by molar-refractivity contribution is 5.48. The molecule has 124 valence electrons. The predicted molar refractivity (Wildman–Crippen MR) is 92.8 cm³/mol. The SMILES string of the molecule is N#Cc1ccccc1Cn1cc(C2OCCN2c2ccccc2)nn1. The Labute approximate surface area is 145 Å². The largest absolute Gasteiger partial charge is 0.350 e. The van der Waals surface area contributed by atoms with Gasteiger partial charge in [0.1, 0.15) is 5.69 Å². The summed E-state index contributed by atoms with van der Waals surface area (Å²) >= 11 is 0. The zero-order chi connectivity index (χ0) is 17.1. The molecule has 0 saturated carbocycles. The molecule has 0 N–H and O–H groups in total. The second kappa shape index (κ2) is 6.75. The van der Waals surface area contributed by atoms with Crippen LogP contribution in [0.2, 0.25) is 0 Å². The molecule has 25 heavy (non-hydrogen) atoms. The van der Waals surface area contributed by atoms with Gasteiger partial charge in [-0.2, -0.15) is 5.26 Å². The molecule has 0 amide bonds. The molecule has 0 radical (unpaired) electrons. The number of aromatic nitrogens is 3. The van der Waals surface area contributed by atoms with Gasteiger partial charge >= 0.3 is 0 Å². The molecule has 1 unspecified atom stereocenters. The zero-order valence-electron chi connectivity index (χ0n) is 13.6. The van der Waals surface area contributed by atoms with Gasteiger partial charge in [-0.05, 0) is 23.8 Å². The van der Waals surface area contributed by atoms with Gasteiger partial charge in [0.15, 0.2) is 6.23 Å². The Morgan fingerprint density at radius 2 is 1.92 bits per heavy atom. The second-order valence-electron chi connectivity index (χ2n) is 5.86. The Balaban J connectivity index is 1.56. The van der Waals surface area contributed by atoms with Crippen LogP contribution in [0, 0.1) is 11.3 Å². The van der Waals surface area contributed by atoms with Crippen molar-refractivity contribution in [1.29, 1.82) is 5.26 Å². The molecule has 3 aromatic rings. The fraction of sp³-hybridized carbons (Fsp3) is 0.211. The third-order valence-corrected chi connectivity index (χ3v) is 4.26. The van der Waals surface area contributed by atoms with Gasteiger partial charge in [-0.25, -0.2) is 4.68 Å². The van der Waals surface area contributed by atoms with Crippen molar-refractivity contribution in [2.45, 2.75) is 12.8 Å². The minimum atomic E-state index is -0.234. The number of ether oxygens (including phenoxy) is 1. The van der Waals surface area contributed by atoms with E-state index < -0.39 is 0 Å². The molecular weight excluding hydrogens is 314 g/mol. The van der Waals surface area contributed by atoms with Gasteiger partial charge in [-0.3, -0.25) is 0 Å². The van der Waals surface area contributed by atoms with Crippen LogP contribution in [0.5, 0.6) is 0 Å². The van der Waals surface area contributed by atoms with Crippen molar-refractivity contribution >= 4 is 5.69 Å². The molecule has 1 aliphatic heterocycles. The van der Waals surface area contributed by atoms with E-state index in [9.17, 15) is 5.26 Å². The molecule has 1 saturated heterocycles. The molecule has 2 aromatic carbocycles. The van der Waals surface area contributed by atoms with Gasteiger partial charge < -0.3 is 9.64 Å². The molecule has 0 bridgehead atoms. The van der Waals surface area contributed by atoms with E-state index in [4.69, 9.17) is 4.74 Å². The van der Waals surface area contributed by atoms with Crippen molar-refractivity contribution < 1.29 is 4.74 Å². The van der Waals surface area contributed by atoms with Crippen LogP contribution in [0.25, 0.3) is 0 Å². The third-order valence-electron chi connectivity index (χ3n) is 4.26. The highest BCUT2D eigenvalue weighted by atomic mass is 16.5. The van der Waals surface area contributed by atoms with E-state index in [1.54, 1.807) is 4.68 Å². The third kappa shape index (κ3) is 3.10. The molecule has 6 nitrogen and oxygen atoms in total. The van der Waals surface area contributed by atoms with Crippen LogP contribution in [0.1, 0.15) is 23.0 Å².